The summed E-state index contributed by atoms with van der Waals surface area (Å²) in [7, 11) is 1.34. The van der Waals surface area contributed by atoms with E-state index in [-0.39, 0.29) is 5.78 Å². The molecule has 0 radical (unpaired) electrons. The van der Waals surface area contributed by atoms with Gasteiger partial charge in [-0.1, -0.05) is 30.3 Å². The zero-order chi connectivity index (χ0) is 13.0. The molecule has 1 aliphatic heterocycles. The first-order valence-electron chi connectivity index (χ1n) is 5.87. The zero-order valence-corrected chi connectivity index (χ0v) is 10.3. The van der Waals surface area contributed by atoms with Crippen LogP contribution in [0.2, 0.25) is 0 Å². The first-order chi connectivity index (χ1) is 8.72. The van der Waals surface area contributed by atoms with E-state index in [1.54, 1.807) is 18.3 Å². The fourth-order valence-corrected chi connectivity index (χ4v) is 1.97. The molecule has 0 bridgehead atoms. The van der Waals surface area contributed by atoms with Gasteiger partial charge < -0.3 is 4.74 Å². The van der Waals surface area contributed by atoms with Crippen LogP contribution in [0.15, 0.2) is 42.1 Å². The van der Waals surface area contributed by atoms with Crippen molar-refractivity contribution in [3.8, 4) is 0 Å². The first kappa shape index (κ1) is 12.4. The van der Waals surface area contributed by atoms with Gasteiger partial charge in [0.1, 0.15) is 0 Å². The van der Waals surface area contributed by atoms with Crippen molar-refractivity contribution >= 4 is 11.9 Å². The number of benzene rings is 1. The third-order valence-electron chi connectivity index (χ3n) is 2.89. The Balaban J connectivity index is 2.20. The van der Waals surface area contributed by atoms with Crippen LogP contribution in [0.1, 0.15) is 23.2 Å². The number of hydrogen-bond acceptors (Lipinski definition) is 3. The van der Waals surface area contributed by atoms with Crippen LogP contribution < -0.4 is 0 Å². The van der Waals surface area contributed by atoms with Crippen LogP contribution in [0.3, 0.4) is 0 Å². The lowest BCUT2D eigenvalue weighted by molar-refractivity contribution is 0.102. The monoisotopic (exact) mass is 245 g/mol. The standard InChI is InChI=1S/C14H15NO3/c1-18-14(17)15-9-5-8-12(10-15)13(16)11-6-3-2-4-7-11/h2-4,6-7,10H,5,8-9H2,1H3. The van der Waals surface area contributed by atoms with Crippen molar-refractivity contribution in [2.24, 2.45) is 0 Å². The molecular weight excluding hydrogens is 230 g/mol. The minimum Gasteiger partial charge on any atom is -0.452 e. The number of nitrogens with zero attached hydrogens (tertiary/aromatic N) is 1. The lowest BCUT2D eigenvalue weighted by Gasteiger charge is -2.23. The van der Waals surface area contributed by atoms with Crippen LogP contribution in [0.5, 0.6) is 0 Å². The predicted octanol–water partition coefficient (Wildman–Crippen LogP) is 2.62. The Kier molecular flexibility index (Phi) is 3.77. The molecular formula is C14H15NO3. The van der Waals surface area contributed by atoms with Gasteiger partial charge in [-0.05, 0) is 12.8 Å². The fraction of sp³-hybridized carbons (Fsp3) is 0.286. The van der Waals surface area contributed by atoms with E-state index < -0.39 is 6.09 Å². The average Bonchev–Trinajstić information content (AvgIpc) is 2.46. The van der Waals surface area contributed by atoms with E-state index in [0.717, 1.165) is 6.42 Å². The van der Waals surface area contributed by atoms with Crippen LogP contribution >= 0.6 is 0 Å². The van der Waals surface area contributed by atoms with Gasteiger partial charge in [0.05, 0.1) is 7.11 Å². The molecule has 0 aliphatic carbocycles. The van der Waals surface area contributed by atoms with Crippen molar-refractivity contribution in [3.05, 3.63) is 47.7 Å². The number of ether oxygens (including phenoxy) is 1. The number of carbonyl (C=O) groups is 2. The summed E-state index contributed by atoms with van der Waals surface area (Å²) in [6, 6.07) is 9.08. The molecule has 1 heterocycles. The van der Waals surface area contributed by atoms with Gasteiger partial charge in [-0.25, -0.2) is 4.79 Å². The molecule has 2 rings (SSSR count). The topological polar surface area (TPSA) is 46.6 Å². The molecule has 0 atom stereocenters. The van der Waals surface area contributed by atoms with E-state index in [0.29, 0.717) is 24.1 Å². The summed E-state index contributed by atoms with van der Waals surface area (Å²) < 4.78 is 4.65. The molecule has 0 unspecified atom stereocenters. The Morgan fingerprint density at radius 2 is 1.94 bits per heavy atom. The first-order valence-corrected chi connectivity index (χ1v) is 5.87. The maximum absolute atomic E-state index is 12.2. The second-order valence-electron chi connectivity index (χ2n) is 4.12. The Morgan fingerprint density at radius 3 is 2.61 bits per heavy atom. The van der Waals surface area contributed by atoms with Crippen molar-refractivity contribution in [1.82, 2.24) is 4.90 Å². The second kappa shape index (κ2) is 5.49. The minimum absolute atomic E-state index is 0.0239. The lowest BCUT2D eigenvalue weighted by Crippen LogP contribution is -2.30. The lowest BCUT2D eigenvalue weighted by atomic mass is 9.98. The summed E-state index contributed by atoms with van der Waals surface area (Å²) >= 11 is 0. The Hall–Kier alpha value is -2.10. The molecule has 0 saturated carbocycles. The highest BCUT2D eigenvalue weighted by Crippen LogP contribution is 2.19. The van der Waals surface area contributed by atoms with Gasteiger partial charge in [-0.3, -0.25) is 9.69 Å². The van der Waals surface area contributed by atoms with Gasteiger partial charge in [0.2, 0.25) is 0 Å². The Morgan fingerprint density at radius 1 is 1.22 bits per heavy atom. The Bertz CT molecular complexity index is 479. The van der Waals surface area contributed by atoms with Crippen molar-refractivity contribution in [2.75, 3.05) is 13.7 Å². The number of amides is 1. The van der Waals surface area contributed by atoms with Crippen LogP contribution in [-0.2, 0) is 4.74 Å². The van der Waals surface area contributed by atoms with Gasteiger partial charge in [0, 0.05) is 23.9 Å². The quantitative estimate of drug-likeness (QED) is 0.752. The van der Waals surface area contributed by atoms with Crippen LogP contribution in [0, 0.1) is 0 Å². The number of Topliss-reactive ketones (excluding diaryl/α,β-unsaturated/α-hetero) is 1. The maximum Gasteiger partial charge on any atom is 0.413 e. The number of hydrogen-bond donors (Lipinski definition) is 0. The summed E-state index contributed by atoms with van der Waals surface area (Å²) in [5, 5.41) is 0. The van der Waals surface area contributed by atoms with Crippen molar-refractivity contribution in [1.29, 1.82) is 0 Å². The molecule has 0 saturated heterocycles. The molecule has 0 aromatic heterocycles. The van der Waals surface area contributed by atoms with Crippen LogP contribution in [0.4, 0.5) is 4.79 Å². The average molecular weight is 245 g/mol. The van der Waals surface area contributed by atoms with E-state index in [2.05, 4.69) is 4.74 Å². The molecule has 0 spiro atoms. The predicted molar refractivity (Wildman–Crippen MR) is 67.2 cm³/mol. The number of carbonyl (C=O) groups excluding carboxylic acids is 2. The largest absolute Gasteiger partial charge is 0.452 e. The van der Waals surface area contributed by atoms with Gasteiger partial charge in [-0.15, -0.1) is 0 Å². The van der Waals surface area contributed by atoms with Crippen molar-refractivity contribution in [2.45, 2.75) is 12.8 Å². The van der Waals surface area contributed by atoms with Gasteiger partial charge in [-0.2, -0.15) is 0 Å². The summed E-state index contributed by atoms with van der Waals surface area (Å²) in [5.41, 5.74) is 1.30. The molecule has 1 aliphatic rings. The van der Waals surface area contributed by atoms with E-state index in [1.165, 1.54) is 12.0 Å². The molecule has 18 heavy (non-hydrogen) atoms. The molecule has 1 aromatic carbocycles. The van der Waals surface area contributed by atoms with Crippen LogP contribution in [0.25, 0.3) is 0 Å². The third-order valence-corrected chi connectivity index (χ3v) is 2.89. The van der Waals surface area contributed by atoms with Gasteiger partial charge in [0.25, 0.3) is 0 Å². The van der Waals surface area contributed by atoms with E-state index in [9.17, 15) is 9.59 Å². The molecule has 0 N–H and O–H groups in total. The number of allylic oxidation sites excluding steroid dienone is 1. The smallest absolute Gasteiger partial charge is 0.413 e. The number of methoxy groups -OCH3 is 1. The van der Waals surface area contributed by atoms with Gasteiger partial charge in [0.15, 0.2) is 5.78 Å². The summed E-state index contributed by atoms with van der Waals surface area (Å²) in [6.45, 7) is 0.595. The molecule has 1 aromatic rings. The number of ketones is 1. The molecule has 4 nitrogen and oxygen atoms in total. The molecule has 94 valence electrons. The maximum atomic E-state index is 12.2. The zero-order valence-electron chi connectivity index (χ0n) is 10.3. The SMILES string of the molecule is COC(=O)N1C=C(C(=O)c2ccccc2)CCC1. The third kappa shape index (κ3) is 2.59. The van der Waals surface area contributed by atoms with E-state index >= 15 is 0 Å². The highest BCUT2D eigenvalue weighted by atomic mass is 16.5. The Labute approximate surface area is 106 Å². The highest BCUT2D eigenvalue weighted by molar-refractivity contribution is 6.08. The number of rotatable bonds is 2. The minimum atomic E-state index is -0.423. The van der Waals surface area contributed by atoms with Crippen molar-refractivity contribution in [3.63, 3.8) is 0 Å². The summed E-state index contributed by atoms with van der Waals surface area (Å²) in [6.07, 6.45) is 2.65. The van der Waals surface area contributed by atoms with E-state index in [1.807, 2.05) is 18.2 Å². The van der Waals surface area contributed by atoms with Gasteiger partial charge >= 0.3 is 6.09 Å². The fourth-order valence-electron chi connectivity index (χ4n) is 1.97. The second-order valence-corrected chi connectivity index (χ2v) is 4.12. The molecule has 1 amide bonds. The normalized spacial score (nSPS) is 14.9. The van der Waals surface area contributed by atoms with Crippen molar-refractivity contribution < 1.29 is 14.3 Å². The van der Waals surface area contributed by atoms with Crippen LogP contribution in [-0.4, -0.2) is 30.4 Å². The molecule has 4 heteroatoms. The molecule has 0 fully saturated rings. The van der Waals surface area contributed by atoms with E-state index in [4.69, 9.17) is 0 Å². The summed E-state index contributed by atoms with van der Waals surface area (Å²) in [4.78, 5) is 25.1. The summed E-state index contributed by atoms with van der Waals surface area (Å²) in [5.74, 6) is -0.0239. The highest BCUT2D eigenvalue weighted by Gasteiger charge is 2.21.